The van der Waals surface area contributed by atoms with Crippen molar-refractivity contribution in [1.29, 1.82) is 0 Å². The van der Waals surface area contributed by atoms with Gasteiger partial charge in [0.25, 0.3) is 0 Å². The molecule has 0 unspecified atom stereocenters. The fourth-order valence-corrected chi connectivity index (χ4v) is 1.59. The predicted octanol–water partition coefficient (Wildman–Crippen LogP) is 2.13. The Kier molecular flexibility index (Phi) is 4.94. The molecular weight excluding hydrogens is 216 g/mol. The van der Waals surface area contributed by atoms with Crippen molar-refractivity contribution in [3.8, 4) is 0 Å². The number of ether oxygens (including phenoxy) is 1. The van der Waals surface area contributed by atoms with E-state index in [1.54, 1.807) is 6.92 Å². The molecule has 0 N–H and O–H groups in total. The molecule has 0 radical (unpaired) electrons. The highest BCUT2D eigenvalue weighted by molar-refractivity contribution is 5.87. The molecule has 1 aromatic heterocycles. The molecule has 0 aliphatic carbocycles. The maximum atomic E-state index is 11.5. The van der Waals surface area contributed by atoms with Crippen LogP contribution >= 0.6 is 0 Å². The second-order valence-corrected chi connectivity index (χ2v) is 3.82. The van der Waals surface area contributed by atoms with Crippen molar-refractivity contribution in [3.63, 3.8) is 0 Å². The first-order chi connectivity index (χ1) is 8.12. The summed E-state index contributed by atoms with van der Waals surface area (Å²) >= 11 is 0. The van der Waals surface area contributed by atoms with Crippen LogP contribution in [0.3, 0.4) is 0 Å². The Morgan fingerprint density at radius 3 is 2.65 bits per heavy atom. The normalized spacial score (nSPS) is 10.3. The maximum absolute atomic E-state index is 11.5. The summed E-state index contributed by atoms with van der Waals surface area (Å²) in [6, 6.07) is 2.07. The molecule has 0 saturated carbocycles. The van der Waals surface area contributed by atoms with Crippen LogP contribution in [-0.2, 0) is 28.9 Å². The van der Waals surface area contributed by atoms with E-state index in [4.69, 9.17) is 4.74 Å². The molecule has 0 spiro atoms. The minimum absolute atomic E-state index is 0.344. The van der Waals surface area contributed by atoms with E-state index in [0.717, 1.165) is 24.2 Å². The van der Waals surface area contributed by atoms with Crippen LogP contribution in [0.1, 0.15) is 32.2 Å². The highest BCUT2D eigenvalue weighted by Crippen LogP contribution is 2.09. The summed E-state index contributed by atoms with van der Waals surface area (Å²) in [5, 5.41) is 4.43. The van der Waals surface area contributed by atoms with E-state index in [9.17, 15) is 4.79 Å². The molecule has 0 aromatic carbocycles. The van der Waals surface area contributed by atoms with Crippen molar-refractivity contribution < 1.29 is 9.53 Å². The van der Waals surface area contributed by atoms with Crippen molar-refractivity contribution in [2.45, 2.75) is 40.2 Å². The molecule has 17 heavy (non-hydrogen) atoms. The number of hydrogen-bond donors (Lipinski definition) is 0. The quantitative estimate of drug-likeness (QED) is 0.561. The third-order valence-corrected chi connectivity index (χ3v) is 2.54. The van der Waals surface area contributed by atoms with Gasteiger partial charge < -0.3 is 4.74 Å². The van der Waals surface area contributed by atoms with Crippen molar-refractivity contribution in [2.75, 3.05) is 6.61 Å². The Morgan fingerprint density at radius 1 is 1.41 bits per heavy atom. The smallest absolute Gasteiger partial charge is 0.335 e. The number of hydrogen-bond acceptors (Lipinski definition) is 3. The fraction of sp³-hybridized carbons (Fsp3) is 0.538. The van der Waals surface area contributed by atoms with Gasteiger partial charge in [-0.05, 0) is 25.8 Å². The summed E-state index contributed by atoms with van der Waals surface area (Å²) < 4.78 is 6.73. The van der Waals surface area contributed by atoms with Gasteiger partial charge in [-0.3, -0.25) is 4.68 Å². The Bertz CT molecular complexity index is 408. The summed E-state index contributed by atoms with van der Waals surface area (Å²) in [5.74, 6) is -0.344. The van der Waals surface area contributed by atoms with Gasteiger partial charge in [0.05, 0.1) is 24.4 Å². The molecular formula is C13H20N2O2. The lowest BCUT2D eigenvalue weighted by atomic mass is 10.2. The third kappa shape index (κ3) is 3.44. The Hall–Kier alpha value is -1.58. The maximum Gasteiger partial charge on any atom is 0.335 e. The van der Waals surface area contributed by atoms with E-state index in [2.05, 4.69) is 31.6 Å². The van der Waals surface area contributed by atoms with Crippen molar-refractivity contribution in [3.05, 3.63) is 29.6 Å². The number of aryl methyl sites for hydroxylation is 2. The molecule has 0 amide bonds. The minimum atomic E-state index is -0.344. The summed E-state index contributed by atoms with van der Waals surface area (Å²) in [5.41, 5.74) is 2.60. The van der Waals surface area contributed by atoms with E-state index in [-0.39, 0.29) is 5.97 Å². The molecule has 0 aliphatic rings. The van der Waals surface area contributed by atoms with Crippen LogP contribution in [0.15, 0.2) is 18.2 Å². The summed E-state index contributed by atoms with van der Waals surface area (Å²) in [6.45, 7) is 10.4. The minimum Gasteiger partial charge on any atom is -0.463 e. The number of aromatic nitrogens is 2. The Balaban J connectivity index is 2.76. The average molecular weight is 236 g/mol. The first-order valence-corrected chi connectivity index (χ1v) is 6.02. The lowest BCUT2D eigenvalue weighted by molar-refractivity contribution is -0.138. The van der Waals surface area contributed by atoms with E-state index in [1.807, 2.05) is 4.68 Å². The SMILES string of the molecule is C=C(Cn1nc(CC)cc1CC)C(=O)OCC. The highest BCUT2D eigenvalue weighted by atomic mass is 16.5. The molecule has 0 saturated heterocycles. The zero-order valence-electron chi connectivity index (χ0n) is 10.8. The van der Waals surface area contributed by atoms with E-state index in [0.29, 0.717) is 18.7 Å². The van der Waals surface area contributed by atoms with Crippen LogP contribution in [0, 0.1) is 0 Å². The zero-order valence-corrected chi connectivity index (χ0v) is 10.8. The summed E-state index contributed by atoms with van der Waals surface area (Å²) in [6.07, 6.45) is 1.79. The van der Waals surface area contributed by atoms with Crippen molar-refractivity contribution >= 4 is 5.97 Å². The van der Waals surface area contributed by atoms with Crippen LogP contribution < -0.4 is 0 Å². The Morgan fingerprint density at radius 2 is 2.12 bits per heavy atom. The lowest BCUT2D eigenvalue weighted by Gasteiger charge is -2.08. The van der Waals surface area contributed by atoms with Crippen LogP contribution in [0.2, 0.25) is 0 Å². The van der Waals surface area contributed by atoms with Gasteiger partial charge in [0.2, 0.25) is 0 Å². The van der Waals surface area contributed by atoms with Gasteiger partial charge in [-0.25, -0.2) is 4.79 Å². The number of carbonyl (C=O) groups is 1. The molecule has 4 nitrogen and oxygen atoms in total. The third-order valence-electron chi connectivity index (χ3n) is 2.54. The van der Waals surface area contributed by atoms with Gasteiger partial charge in [0.15, 0.2) is 0 Å². The molecule has 1 rings (SSSR count). The molecule has 0 fully saturated rings. The second kappa shape index (κ2) is 6.23. The molecule has 0 atom stereocenters. The monoisotopic (exact) mass is 236 g/mol. The number of esters is 1. The fourth-order valence-electron chi connectivity index (χ4n) is 1.59. The zero-order chi connectivity index (χ0) is 12.8. The van der Waals surface area contributed by atoms with Crippen LogP contribution in [-0.4, -0.2) is 22.4 Å². The molecule has 94 valence electrons. The molecule has 1 heterocycles. The van der Waals surface area contributed by atoms with Gasteiger partial charge in [0, 0.05) is 5.69 Å². The molecule has 0 aliphatic heterocycles. The van der Waals surface area contributed by atoms with Crippen LogP contribution in [0.4, 0.5) is 0 Å². The molecule has 0 bridgehead atoms. The van der Waals surface area contributed by atoms with E-state index in [1.165, 1.54) is 0 Å². The number of nitrogens with zero attached hydrogens (tertiary/aromatic N) is 2. The molecule has 1 aromatic rings. The van der Waals surface area contributed by atoms with Gasteiger partial charge in [0.1, 0.15) is 0 Å². The predicted molar refractivity (Wildman–Crippen MR) is 66.8 cm³/mol. The van der Waals surface area contributed by atoms with Crippen LogP contribution in [0.25, 0.3) is 0 Å². The van der Waals surface area contributed by atoms with E-state index < -0.39 is 0 Å². The number of rotatable bonds is 6. The highest BCUT2D eigenvalue weighted by Gasteiger charge is 2.12. The lowest BCUT2D eigenvalue weighted by Crippen LogP contribution is -2.14. The van der Waals surface area contributed by atoms with Gasteiger partial charge >= 0.3 is 5.97 Å². The average Bonchev–Trinajstić information content (AvgIpc) is 2.71. The first-order valence-electron chi connectivity index (χ1n) is 6.02. The van der Waals surface area contributed by atoms with Gasteiger partial charge in [-0.1, -0.05) is 20.4 Å². The summed E-state index contributed by atoms with van der Waals surface area (Å²) in [4.78, 5) is 11.5. The van der Waals surface area contributed by atoms with Crippen molar-refractivity contribution in [1.82, 2.24) is 9.78 Å². The topological polar surface area (TPSA) is 44.1 Å². The Labute approximate surface area is 102 Å². The van der Waals surface area contributed by atoms with Crippen LogP contribution in [0.5, 0.6) is 0 Å². The van der Waals surface area contributed by atoms with E-state index >= 15 is 0 Å². The van der Waals surface area contributed by atoms with Crippen molar-refractivity contribution in [2.24, 2.45) is 0 Å². The second-order valence-electron chi connectivity index (χ2n) is 3.82. The molecule has 4 heteroatoms. The first kappa shape index (κ1) is 13.5. The number of carbonyl (C=O) groups excluding carboxylic acids is 1. The van der Waals surface area contributed by atoms with Gasteiger partial charge in [-0.2, -0.15) is 5.10 Å². The summed E-state index contributed by atoms with van der Waals surface area (Å²) in [7, 11) is 0. The van der Waals surface area contributed by atoms with Gasteiger partial charge in [-0.15, -0.1) is 0 Å². The standard InChI is InChI=1S/C13H20N2O2/c1-5-11-8-12(6-2)15(14-11)9-10(4)13(16)17-7-3/h8H,4-7,9H2,1-3H3. The largest absolute Gasteiger partial charge is 0.463 e.